The van der Waals surface area contributed by atoms with Crippen molar-refractivity contribution >= 4 is 23.4 Å². The number of para-hydroxylation sites is 2. The number of hydrogen-bond donors (Lipinski definition) is 1. The van der Waals surface area contributed by atoms with Crippen molar-refractivity contribution in [2.45, 2.75) is 18.1 Å². The Balaban J connectivity index is 1.41. The Morgan fingerprint density at radius 2 is 1.69 bits per heavy atom. The molecule has 0 unspecified atom stereocenters. The fourth-order valence-corrected chi connectivity index (χ4v) is 4.78. The molecule has 0 aliphatic carbocycles. The van der Waals surface area contributed by atoms with E-state index in [1.54, 1.807) is 12.1 Å². The van der Waals surface area contributed by atoms with Crippen LogP contribution in [0.3, 0.4) is 0 Å². The Morgan fingerprint density at radius 3 is 2.53 bits per heavy atom. The Kier molecular flexibility index (Phi) is 5.64. The second-order valence-corrected chi connectivity index (χ2v) is 8.55. The number of carbonyl (C=O) groups is 1. The van der Waals surface area contributed by atoms with E-state index in [0.717, 1.165) is 17.7 Å². The van der Waals surface area contributed by atoms with Crippen LogP contribution in [0.1, 0.15) is 11.1 Å². The summed E-state index contributed by atoms with van der Waals surface area (Å²) in [5.74, 6) is 1.05. The molecule has 160 valence electrons. The van der Waals surface area contributed by atoms with Crippen molar-refractivity contribution in [1.82, 2.24) is 14.8 Å². The van der Waals surface area contributed by atoms with Crippen LogP contribution in [0.25, 0.3) is 11.4 Å². The average Bonchev–Trinajstić information content (AvgIpc) is 3.43. The average molecular weight is 443 g/mol. The van der Waals surface area contributed by atoms with Crippen molar-refractivity contribution < 1.29 is 9.90 Å². The monoisotopic (exact) mass is 442 g/mol. The number of carbonyl (C=O) groups excluding carboxylic acids is 1. The summed E-state index contributed by atoms with van der Waals surface area (Å²) in [7, 11) is 0. The van der Waals surface area contributed by atoms with Crippen LogP contribution in [0.4, 0.5) is 5.69 Å². The number of phenols is 1. The Morgan fingerprint density at radius 1 is 0.938 bits per heavy atom. The Labute approximate surface area is 190 Å². The van der Waals surface area contributed by atoms with Gasteiger partial charge >= 0.3 is 0 Å². The largest absolute Gasteiger partial charge is 0.507 e. The van der Waals surface area contributed by atoms with Crippen LogP contribution in [0.15, 0.2) is 84.0 Å². The van der Waals surface area contributed by atoms with Gasteiger partial charge < -0.3 is 10.0 Å². The third-order valence-electron chi connectivity index (χ3n) is 5.56. The standard InChI is InChI=1S/C25H22N4O2S/c30-22-13-7-5-11-20(22)24-26-27-25(29(24)16-18-8-2-1-3-9-18)32-17-23(31)28-15-14-19-10-4-6-12-21(19)28/h1-13,30H,14-17H2. The van der Waals surface area contributed by atoms with Gasteiger partial charge in [0.15, 0.2) is 11.0 Å². The molecule has 1 aliphatic rings. The zero-order valence-corrected chi connectivity index (χ0v) is 18.2. The van der Waals surface area contributed by atoms with Gasteiger partial charge in [0.1, 0.15) is 5.75 Å². The Bertz CT molecular complexity index is 1260. The van der Waals surface area contributed by atoms with Crippen LogP contribution in [-0.2, 0) is 17.8 Å². The van der Waals surface area contributed by atoms with Gasteiger partial charge in [0.05, 0.1) is 17.9 Å². The predicted octanol–water partition coefficient (Wildman–Crippen LogP) is 4.38. The number of fused-ring (bicyclic) bond motifs is 1. The molecule has 0 saturated carbocycles. The number of anilines is 1. The molecule has 7 heteroatoms. The van der Waals surface area contributed by atoms with Gasteiger partial charge in [-0.05, 0) is 35.7 Å². The molecule has 0 saturated heterocycles. The van der Waals surface area contributed by atoms with Gasteiger partial charge in [0.25, 0.3) is 0 Å². The lowest BCUT2D eigenvalue weighted by Crippen LogP contribution is -2.30. The van der Waals surface area contributed by atoms with Gasteiger partial charge in [-0.25, -0.2) is 0 Å². The first-order chi connectivity index (χ1) is 15.7. The molecule has 0 fully saturated rings. The van der Waals surface area contributed by atoms with Crippen molar-refractivity contribution in [1.29, 1.82) is 0 Å². The number of amides is 1. The topological polar surface area (TPSA) is 71.2 Å². The number of rotatable bonds is 6. The van der Waals surface area contributed by atoms with E-state index < -0.39 is 0 Å². The zero-order chi connectivity index (χ0) is 21.9. The zero-order valence-electron chi connectivity index (χ0n) is 17.4. The van der Waals surface area contributed by atoms with Crippen LogP contribution < -0.4 is 4.90 Å². The number of aromatic nitrogens is 3. The van der Waals surface area contributed by atoms with Crippen molar-refractivity contribution in [2.24, 2.45) is 0 Å². The molecule has 3 aromatic carbocycles. The van der Waals surface area contributed by atoms with Gasteiger partial charge in [0.2, 0.25) is 5.91 Å². The van der Waals surface area contributed by atoms with Crippen LogP contribution in [0, 0.1) is 0 Å². The molecule has 2 heterocycles. The first-order valence-electron chi connectivity index (χ1n) is 10.5. The predicted molar refractivity (Wildman–Crippen MR) is 126 cm³/mol. The van der Waals surface area contributed by atoms with Gasteiger partial charge in [-0.3, -0.25) is 9.36 Å². The SMILES string of the molecule is O=C(CSc1nnc(-c2ccccc2O)n1Cc1ccccc1)N1CCc2ccccc21. The Hall–Kier alpha value is -3.58. The van der Waals surface area contributed by atoms with Gasteiger partial charge in [-0.1, -0.05) is 72.4 Å². The highest BCUT2D eigenvalue weighted by Gasteiger charge is 2.25. The minimum Gasteiger partial charge on any atom is -0.507 e. The second kappa shape index (κ2) is 8.88. The van der Waals surface area contributed by atoms with E-state index in [-0.39, 0.29) is 17.4 Å². The first kappa shape index (κ1) is 20.3. The van der Waals surface area contributed by atoms with Crippen LogP contribution >= 0.6 is 11.8 Å². The van der Waals surface area contributed by atoms with Crippen molar-refractivity contribution in [3.05, 3.63) is 90.0 Å². The molecular weight excluding hydrogens is 420 g/mol. The number of phenolic OH excluding ortho intramolecular Hbond substituents is 1. The van der Waals surface area contributed by atoms with Gasteiger partial charge in [-0.2, -0.15) is 0 Å². The van der Waals surface area contributed by atoms with Gasteiger partial charge in [-0.15, -0.1) is 10.2 Å². The van der Waals surface area contributed by atoms with Crippen molar-refractivity contribution in [2.75, 3.05) is 17.2 Å². The highest BCUT2D eigenvalue weighted by atomic mass is 32.2. The third-order valence-corrected chi connectivity index (χ3v) is 6.51. The molecule has 1 amide bonds. The lowest BCUT2D eigenvalue weighted by atomic mass is 10.1. The highest BCUT2D eigenvalue weighted by molar-refractivity contribution is 7.99. The van der Waals surface area contributed by atoms with Crippen LogP contribution in [-0.4, -0.2) is 38.1 Å². The number of thioether (sulfide) groups is 1. The number of benzene rings is 3. The summed E-state index contributed by atoms with van der Waals surface area (Å²) in [6, 6.07) is 25.2. The fourth-order valence-electron chi connectivity index (χ4n) is 3.97. The van der Waals surface area contributed by atoms with Crippen molar-refractivity contribution in [3.8, 4) is 17.1 Å². The summed E-state index contributed by atoms with van der Waals surface area (Å²) in [5, 5.41) is 19.7. The quantitative estimate of drug-likeness (QED) is 0.449. The maximum absolute atomic E-state index is 13.0. The molecule has 4 aromatic rings. The van der Waals surface area contributed by atoms with Crippen molar-refractivity contribution in [3.63, 3.8) is 0 Å². The second-order valence-electron chi connectivity index (χ2n) is 7.61. The normalized spacial score (nSPS) is 12.7. The molecule has 6 nitrogen and oxygen atoms in total. The summed E-state index contributed by atoms with van der Waals surface area (Å²) in [6.07, 6.45) is 0.883. The molecule has 0 radical (unpaired) electrons. The molecular formula is C25H22N4O2S. The lowest BCUT2D eigenvalue weighted by Gasteiger charge is -2.17. The summed E-state index contributed by atoms with van der Waals surface area (Å²) in [5.41, 5.74) is 3.91. The smallest absolute Gasteiger partial charge is 0.237 e. The maximum atomic E-state index is 13.0. The molecule has 1 N–H and O–H groups in total. The summed E-state index contributed by atoms with van der Waals surface area (Å²) < 4.78 is 1.96. The van der Waals surface area contributed by atoms with Crippen LogP contribution in [0.5, 0.6) is 5.75 Å². The van der Waals surface area contributed by atoms with Crippen LogP contribution in [0.2, 0.25) is 0 Å². The first-order valence-corrected chi connectivity index (χ1v) is 11.5. The number of hydrogen-bond acceptors (Lipinski definition) is 5. The van der Waals surface area contributed by atoms with E-state index in [9.17, 15) is 9.90 Å². The van der Waals surface area contributed by atoms with E-state index in [1.165, 1.54) is 17.3 Å². The molecule has 1 aliphatic heterocycles. The molecule has 32 heavy (non-hydrogen) atoms. The molecule has 0 bridgehead atoms. The summed E-state index contributed by atoms with van der Waals surface area (Å²) >= 11 is 1.37. The number of nitrogens with zero attached hydrogens (tertiary/aromatic N) is 4. The molecule has 1 aromatic heterocycles. The summed E-state index contributed by atoms with van der Waals surface area (Å²) in [6.45, 7) is 1.25. The van der Waals surface area contributed by atoms with Gasteiger partial charge in [0, 0.05) is 12.2 Å². The molecule has 0 spiro atoms. The highest BCUT2D eigenvalue weighted by Crippen LogP contribution is 2.32. The maximum Gasteiger partial charge on any atom is 0.237 e. The fraction of sp³-hybridized carbons (Fsp3) is 0.160. The summed E-state index contributed by atoms with van der Waals surface area (Å²) in [4.78, 5) is 14.8. The van der Waals surface area contributed by atoms with E-state index >= 15 is 0 Å². The van der Waals surface area contributed by atoms with E-state index in [4.69, 9.17) is 0 Å². The minimum atomic E-state index is 0.0540. The van der Waals surface area contributed by atoms with E-state index in [1.807, 2.05) is 70.1 Å². The molecule has 0 atom stereocenters. The number of aromatic hydroxyl groups is 1. The minimum absolute atomic E-state index is 0.0540. The van der Waals surface area contributed by atoms with E-state index in [0.29, 0.717) is 29.6 Å². The molecule has 5 rings (SSSR count). The lowest BCUT2D eigenvalue weighted by molar-refractivity contribution is -0.116. The van der Waals surface area contributed by atoms with E-state index in [2.05, 4.69) is 16.3 Å². The third kappa shape index (κ3) is 3.99.